The molecule has 1 heterocycles. The zero-order valence-electron chi connectivity index (χ0n) is 8.29. The molecule has 0 atom stereocenters. The Hall–Kier alpha value is 0.1000. The normalized spacial score (nSPS) is 19.4. The summed E-state index contributed by atoms with van der Waals surface area (Å²) in [5.74, 6) is 0.571. The summed E-state index contributed by atoms with van der Waals surface area (Å²) < 4.78 is 2.22. The van der Waals surface area contributed by atoms with E-state index in [1.165, 1.54) is 10.6 Å². The van der Waals surface area contributed by atoms with Crippen LogP contribution in [0.4, 0.5) is 0 Å². The Bertz CT molecular complexity index is 328. The first-order valence-corrected chi connectivity index (χ1v) is 6.63. The van der Waals surface area contributed by atoms with Crippen LogP contribution in [0.3, 0.4) is 0 Å². The number of piperidine rings is 1. The van der Waals surface area contributed by atoms with Gasteiger partial charge in [-0.2, -0.15) is 5.06 Å². The molecule has 4 heteroatoms. The van der Waals surface area contributed by atoms with Gasteiger partial charge in [0.2, 0.25) is 0 Å². The summed E-state index contributed by atoms with van der Waals surface area (Å²) in [6.07, 6.45) is 2.05. The van der Waals surface area contributed by atoms with Crippen molar-refractivity contribution in [2.75, 3.05) is 13.1 Å². The van der Waals surface area contributed by atoms with E-state index in [-0.39, 0.29) is 0 Å². The molecule has 0 bridgehead atoms. The number of nitrogens with zero attached hydrogens (tertiary/aromatic N) is 1. The molecule has 0 spiro atoms. The second-order valence-corrected chi connectivity index (χ2v) is 5.76. The Kier molecular flexibility index (Phi) is 3.83. The van der Waals surface area contributed by atoms with Crippen molar-refractivity contribution in [3.63, 3.8) is 0 Å². The topological polar surface area (TPSA) is 23.5 Å². The van der Waals surface area contributed by atoms with E-state index in [1.807, 2.05) is 6.07 Å². The highest BCUT2D eigenvalue weighted by Gasteiger charge is 2.19. The first kappa shape index (κ1) is 11.6. The molecule has 82 valence electrons. The highest BCUT2D eigenvalue weighted by molar-refractivity contribution is 9.11. The first-order valence-electron chi connectivity index (χ1n) is 5.05. The van der Waals surface area contributed by atoms with E-state index >= 15 is 0 Å². The van der Waals surface area contributed by atoms with E-state index in [0.29, 0.717) is 5.92 Å². The van der Waals surface area contributed by atoms with Gasteiger partial charge in [0, 0.05) is 22.0 Å². The molecule has 1 fully saturated rings. The van der Waals surface area contributed by atoms with Crippen molar-refractivity contribution >= 4 is 31.9 Å². The molecule has 1 aliphatic rings. The fraction of sp³-hybridized carbons (Fsp3) is 0.455. The van der Waals surface area contributed by atoms with Crippen LogP contribution in [0.15, 0.2) is 27.1 Å². The van der Waals surface area contributed by atoms with Gasteiger partial charge in [0.15, 0.2) is 0 Å². The molecule has 0 amide bonds. The van der Waals surface area contributed by atoms with E-state index in [1.54, 1.807) is 0 Å². The van der Waals surface area contributed by atoms with Gasteiger partial charge in [0.05, 0.1) is 0 Å². The van der Waals surface area contributed by atoms with Gasteiger partial charge in [-0.15, -0.1) is 0 Å². The molecule has 1 aromatic carbocycles. The average molecular weight is 335 g/mol. The third kappa shape index (κ3) is 3.03. The summed E-state index contributed by atoms with van der Waals surface area (Å²) >= 11 is 7.00. The Balaban J connectivity index is 2.15. The molecular weight excluding hydrogens is 322 g/mol. The van der Waals surface area contributed by atoms with Crippen molar-refractivity contribution in [3.8, 4) is 0 Å². The van der Waals surface area contributed by atoms with Crippen molar-refractivity contribution in [3.05, 3.63) is 32.7 Å². The van der Waals surface area contributed by atoms with Crippen LogP contribution in [-0.4, -0.2) is 23.4 Å². The molecular formula is C11H13Br2NO. The SMILES string of the molecule is ON1CCC(c2cc(Br)cc(Br)c2)CC1. The van der Waals surface area contributed by atoms with Crippen LogP contribution < -0.4 is 0 Å². The van der Waals surface area contributed by atoms with E-state index in [4.69, 9.17) is 0 Å². The summed E-state index contributed by atoms with van der Waals surface area (Å²) in [6.45, 7) is 1.55. The van der Waals surface area contributed by atoms with Crippen LogP contribution in [0.2, 0.25) is 0 Å². The van der Waals surface area contributed by atoms with Gasteiger partial charge >= 0.3 is 0 Å². The van der Waals surface area contributed by atoms with E-state index in [9.17, 15) is 5.21 Å². The van der Waals surface area contributed by atoms with E-state index < -0.39 is 0 Å². The van der Waals surface area contributed by atoms with Crippen molar-refractivity contribution in [2.24, 2.45) is 0 Å². The van der Waals surface area contributed by atoms with Crippen LogP contribution in [-0.2, 0) is 0 Å². The predicted molar refractivity (Wildman–Crippen MR) is 67.2 cm³/mol. The zero-order chi connectivity index (χ0) is 10.8. The average Bonchev–Trinajstić information content (AvgIpc) is 2.17. The van der Waals surface area contributed by atoms with Gasteiger partial charge in [-0.25, -0.2) is 0 Å². The second-order valence-electron chi connectivity index (χ2n) is 3.93. The number of hydrogen-bond acceptors (Lipinski definition) is 2. The first-order chi connectivity index (χ1) is 7.15. The van der Waals surface area contributed by atoms with Crippen molar-refractivity contribution < 1.29 is 5.21 Å². The minimum Gasteiger partial charge on any atom is -0.314 e. The van der Waals surface area contributed by atoms with Crippen LogP contribution in [0.1, 0.15) is 24.3 Å². The minimum absolute atomic E-state index is 0.571. The molecule has 0 radical (unpaired) electrons. The molecule has 2 nitrogen and oxygen atoms in total. The molecule has 1 N–H and O–H groups in total. The molecule has 15 heavy (non-hydrogen) atoms. The molecule has 1 aliphatic heterocycles. The molecule has 1 saturated heterocycles. The Morgan fingerprint density at radius 3 is 2.13 bits per heavy atom. The zero-order valence-corrected chi connectivity index (χ0v) is 11.5. The highest BCUT2D eigenvalue weighted by atomic mass is 79.9. The van der Waals surface area contributed by atoms with Crippen molar-refractivity contribution in [1.82, 2.24) is 5.06 Å². The summed E-state index contributed by atoms with van der Waals surface area (Å²) in [6, 6.07) is 6.38. The maximum absolute atomic E-state index is 9.30. The number of benzene rings is 1. The van der Waals surface area contributed by atoms with Gasteiger partial charge in [-0.3, -0.25) is 0 Å². The van der Waals surface area contributed by atoms with Gasteiger partial charge in [-0.05, 0) is 42.5 Å². The van der Waals surface area contributed by atoms with E-state index in [0.717, 1.165) is 34.9 Å². The predicted octanol–water partition coefficient (Wildman–Crippen LogP) is 3.78. The van der Waals surface area contributed by atoms with Crippen LogP contribution in [0, 0.1) is 0 Å². The largest absolute Gasteiger partial charge is 0.314 e. The lowest BCUT2D eigenvalue weighted by molar-refractivity contribution is -0.106. The summed E-state index contributed by atoms with van der Waals surface area (Å²) in [5.41, 5.74) is 1.35. The third-order valence-electron chi connectivity index (χ3n) is 2.83. The molecule has 0 aromatic heterocycles. The highest BCUT2D eigenvalue weighted by Crippen LogP contribution is 2.31. The second kappa shape index (κ2) is 4.95. The number of halogens is 2. The van der Waals surface area contributed by atoms with Gasteiger partial charge in [-0.1, -0.05) is 31.9 Å². The van der Waals surface area contributed by atoms with Gasteiger partial charge in [0.25, 0.3) is 0 Å². The third-order valence-corrected chi connectivity index (χ3v) is 3.74. The number of rotatable bonds is 1. The molecule has 0 aliphatic carbocycles. The fourth-order valence-electron chi connectivity index (χ4n) is 2.01. The van der Waals surface area contributed by atoms with Gasteiger partial charge in [0.1, 0.15) is 0 Å². The summed E-state index contributed by atoms with van der Waals surface area (Å²) in [7, 11) is 0. The number of hydrogen-bond donors (Lipinski definition) is 1. The van der Waals surface area contributed by atoms with Crippen LogP contribution in [0.25, 0.3) is 0 Å². The summed E-state index contributed by atoms with van der Waals surface area (Å²) in [4.78, 5) is 0. The maximum atomic E-state index is 9.30. The Morgan fingerprint density at radius 2 is 1.60 bits per heavy atom. The molecule has 2 rings (SSSR count). The lowest BCUT2D eigenvalue weighted by Gasteiger charge is -2.27. The lowest BCUT2D eigenvalue weighted by Crippen LogP contribution is -2.29. The maximum Gasteiger partial charge on any atom is 0.0244 e. The summed E-state index contributed by atoms with van der Waals surface area (Å²) in [5, 5.41) is 10.7. The van der Waals surface area contributed by atoms with Gasteiger partial charge < -0.3 is 5.21 Å². The van der Waals surface area contributed by atoms with E-state index in [2.05, 4.69) is 44.0 Å². The monoisotopic (exact) mass is 333 g/mol. The smallest absolute Gasteiger partial charge is 0.0244 e. The molecule has 0 unspecified atom stereocenters. The van der Waals surface area contributed by atoms with Crippen molar-refractivity contribution in [2.45, 2.75) is 18.8 Å². The quantitative estimate of drug-likeness (QED) is 0.844. The fourth-order valence-corrected chi connectivity index (χ4v) is 3.34. The number of hydroxylamine groups is 2. The van der Waals surface area contributed by atoms with Crippen LogP contribution in [0.5, 0.6) is 0 Å². The minimum atomic E-state index is 0.571. The molecule has 1 aromatic rings. The Morgan fingerprint density at radius 1 is 1.07 bits per heavy atom. The Labute approximate surface area is 106 Å². The molecule has 0 saturated carbocycles. The standard InChI is InChI=1S/C11H13Br2NO/c12-10-5-9(6-11(13)7-10)8-1-3-14(15)4-2-8/h5-8,15H,1-4H2. The van der Waals surface area contributed by atoms with Crippen molar-refractivity contribution in [1.29, 1.82) is 0 Å². The lowest BCUT2D eigenvalue weighted by atomic mass is 9.90. The van der Waals surface area contributed by atoms with Crippen LogP contribution >= 0.6 is 31.9 Å².